The average Bonchev–Trinajstić information content (AvgIpc) is 2.98. The zero-order valence-electron chi connectivity index (χ0n) is 10.5. The van der Waals surface area contributed by atoms with Gasteiger partial charge in [0.1, 0.15) is 0 Å². The molecule has 0 unspecified atom stereocenters. The zero-order chi connectivity index (χ0) is 12.6. The van der Waals surface area contributed by atoms with Crippen molar-refractivity contribution in [1.82, 2.24) is 5.32 Å². The minimum Gasteiger partial charge on any atom is -0.347 e. The van der Waals surface area contributed by atoms with Crippen LogP contribution in [0.3, 0.4) is 0 Å². The molecule has 0 heterocycles. The quantitative estimate of drug-likeness (QED) is 0.906. The highest BCUT2D eigenvalue weighted by molar-refractivity contribution is 9.10. The topological polar surface area (TPSA) is 29.1 Å². The van der Waals surface area contributed by atoms with E-state index in [4.69, 9.17) is 0 Å². The van der Waals surface area contributed by atoms with Crippen LogP contribution in [0.5, 0.6) is 0 Å². The molecule has 1 aromatic carbocycles. The minimum absolute atomic E-state index is 0.00813. The SMILES string of the molecule is Cc1ccc(C(=O)NC(C)(C)C2CC2)c(Br)c1. The van der Waals surface area contributed by atoms with E-state index in [2.05, 4.69) is 35.1 Å². The van der Waals surface area contributed by atoms with E-state index in [1.54, 1.807) is 0 Å². The lowest BCUT2D eigenvalue weighted by atomic mass is 9.98. The number of hydrogen-bond acceptors (Lipinski definition) is 1. The van der Waals surface area contributed by atoms with Crippen molar-refractivity contribution in [3.63, 3.8) is 0 Å². The van der Waals surface area contributed by atoms with E-state index < -0.39 is 0 Å². The Hall–Kier alpha value is -0.830. The largest absolute Gasteiger partial charge is 0.347 e. The van der Waals surface area contributed by atoms with Crippen molar-refractivity contribution >= 4 is 21.8 Å². The van der Waals surface area contributed by atoms with Gasteiger partial charge in [-0.1, -0.05) is 6.07 Å². The van der Waals surface area contributed by atoms with Crippen LogP contribution in [0.1, 0.15) is 42.6 Å². The first-order valence-electron chi connectivity index (χ1n) is 5.99. The van der Waals surface area contributed by atoms with Crippen LogP contribution in [-0.4, -0.2) is 11.4 Å². The molecule has 1 aliphatic carbocycles. The summed E-state index contributed by atoms with van der Waals surface area (Å²) in [5.74, 6) is 0.643. The lowest BCUT2D eigenvalue weighted by Gasteiger charge is -2.26. The number of nitrogens with one attached hydrogen (secondary N) is 1. The molecule has 0 saturated heterocycles. The van der Waals surface area contributed by atoms with Gasteiger partial charge in [-0.05, 0) is 73.2 Å². The lowest BCUT2D eigenvalue weighted by molar-refractivity contribution is 0.0902. The number of hydrogen-bond donors (Lipinski definition) is 1. The predicted octanol–water partition coefficient (Wildman–Crippen LogP) is 3.68. The Bertz CT molecular complexity index is 450. The summed E-state index contributed by atoms with van der Waals surface area (Å²) in [5.41, 5.74) is 1.76. The standard InChI is InChI=1S/C14H18BrNO/c1-9-4-7-11(12(15)8-9)13(17)16-14(2,3)10-5-6-10/h4,7-8,10H,5-6H2,1-3H3,(H,16,17). The predicted molar refractivity (Wildman–Crippen MR) is 73.1 cm³/mol. The van der Waals surface area contributed by atoms with Gasteiger partial charge in [0.25, 0.3) is 5.91 Å². The summed E-state index contributed by atoms with van der Waals surface area (Å²) in [6.45, 7) is 6.22. The third-order valence-corrected chi connectivity index (χ3v) is 4.06. The van der Waals surface area contributed by atoms with E-state index in [1.165, 1.54) is 12.8 Å². The van der Waals surface area contributed by atoms with Crippen molar-refractivity contribution in [3.05, 3.63) is 33.8 Å². The number of benzene rings is 1. The Labute approximate surface area is 111 Å². The molecule has 1 aromatic rings. The number of rotatable bonds is 3. The maximum atomic E-state index is 12.2. The van der Waals surface area contributed by atoms with Crippen LogP contribution in [0.4, 0.5) is 0 Å². The summed E-state index contributed by atoms with van der Waals surface area (Å²) < 4.78 is 0.863. The molecule has 0 radical (unpaired) electrons. The molecule has 0 aromatic heterocycles. The molecular weight excluding hydrogens is 278 g/mol. The van der Waals surface area contributed by atoms with Gasteiger partial charge in [0, 0.05) is 10.0 Å². The number of aryl methyl sites for hydroxylation is 1. The van der Waals surface area contributed by atoms with Gasteiger partial charge in [0.2, 0.25) is 0 Å². The van der Waals surface area contributed by atoms with E-state index >= 15 is 0 Å². The van der Waals surface area contributed by atoms with Crippen molar-refractivity contribution in [3.8, 4) is 0 Å². The van der Waals surface area contributed by atoms with Crippen molar-refractivity contribution in [1.29, 1.82) is 0 Å². The fourth-order valence-corrected chi connectivity index (χ4v) is 2.74. The highest BCUT2D eigenvalue weighted by atomic mass is 79.9. The van der Waals surface area contributed by atoms with Crippen LogP contribution in [0, 0.1) is 12.8 Å². The van der Waals surface area contributed by atoms with Crippen molar-refractivity contribution in [2.75, 3.05) is 0 Å². The molecular formula is C14H18BrNO. The second-order valence-corrected chi connectivity index (χ2v) is 6.29. The van der Waals surface area contributed by atoms with E-state index in [-0.39, 0.29) is 11.4 Å². The van der Waals surface area contributed by atoms with E-state index in [0.29, 0.717) is 11.5 Å². The van der Waals surface area contributed by atoms with E-state index in [0.717, 1.165) is 10.0 Å². The fraction of sp³-hybridized carbons (Fsp3) is 0.500. The second-order valence-electron chi connectivity index (χ2n) is 5.43. The Morgan fingerprint density at radius 3 is 2.59 bits per heavy atom. The first-order chi connectivity index (χ1) is 7.90. The number of carbonyl (C=O) groups is 1. The monoisotopic (exact) mass is 295 g/mol. The molecule has 0 atom stereocenters. The Morgan fingerprint density at radius 2 is 2.06 bits per heavy atom. The Balaban J connectivity index is 2.14. The molecule has 2 rings (SSSR count). The Morgan fingerprint density at radius 1 is 1.41 bits per heavy atom. The van der Waals surface area contributed by atoms with Crippen LogP contribution in [0.2, 0.25) is 0 Å². The van der Waals surface area contributed by atoms with Gasteiger partial charge in [0.15, 0.2) is 0 Å². The third-order valence-electron chi connectivity index (χ3n) is 3.40. The Kier molecular flexibility index (Phi) is 3.30. The summed E-state index contributed by atoms with van der Waals surface area (Å²) in [6, 6.07) is 5.81. The third kappa shape index (κ3) is 2.89. The molecule has 1 fully saturated rings. The molecule has 1 aliphatic rings. The minimum atomic E-state index is -0.0958. The van der Waals surface area contributed by atoms with E-state index in [1.807, 2.05) is 25.1 Å². The number of amides is 1. The fourth-order valence-electron chi connectivity index (χ4n) is 2.07. The average molecular weight is 296 g/mol. The molecule has 92 valence electrons. The van der Waals surface area contributed by atoms with Crippen LogP contribution in [-0.2, 0) is 0 Å². The molecule has 17 heavy (non-hydrogen) atoms. The molecule has 0 bridgehead atoms. The molecule has 0 spiro atoms. The molecule has 1 N–H and O–H groups in total. The number of halogens is 1. The van der Waals surface area contributed by atoms with Crippen LogP contribution in [0.15, 0.2) is 22.7 Å². The normalized spacial score (nSPS) is 15.8. The van der Waals surface area contributed by atoms with Crippen molar-refractivity contribution in [2.24, 2.45) is 5.92 Å². The first kappa shape index (κ1) is 12.6. The summed E-state index contributed by atoms with van der Waals surface area (Å²) in [5, 5.41) is 3.13. The van der Waals surface area contributed by atoms with Gasteiger partial charge in [-0.15, -0.1) is 0 Å². The van der Waals surface area contributed by atoms with Gasteiger partial charge in [0.05, 0.1) is 5.56 Å². The highest BCUT2D eigenvalue weighted by Gasteiger charge is 2.38. The summed E-state index contributed by atoms with van der Waals surface area (Å²) >= 11 is 3.45. The maximum Gasteiger partial charge on any atom is 0.252 e. The van der Waals surface area contributed by atoms with Crippen molar-refractivity contribution < 1.29 is 4.79 Å². The molecule has 0 aliphatic heterocycles. The van der Waals surface area contributed by atoms with Gasteiger partial charge >= 0.3 is 0 Å². The van der Waals surface area contributed by atoms with Gasteiger partial charge < -0.3 is 5.32 Å². The summed E-state index contributed by atoms with van der Waals surface area (Å²) in [7, 11) is 0. The van der Waals surface area contributed by atoms with Gasteiger partial charge in [-0.3, -0.25) is 4.79 Å². The summed E-state index contributed by atoms with van der Waals surface area (Å²) in [4.78, 5) is 12.2. The van der Waals surface area contributed by atoms with Crippen molar-refractivity contribution in [2.45, 2.75) is 39.2 Å². The van der Waals surface area contributed by atoms with Crippen LogP contribution >= 0.6 is 15.9 Å². The van der Waals surface area contributed by atoms with E-state index in [9.17, 15) is 4.79 Å². The van der Waals surface area contributed by atoms with Gasteiger partial charge in [-0.2, -0.15) is 0 Å². The van der Waals surface area contributed by atoms with Crippen LogP contribution in [0.25, 0.3) is 0 Å². The molecule has 1 amide bonds. The summed E-state index contributed by atoms with van der Waals surface area (Å²) in [6.07, 6.45) is 2.45. The smallest absolute Gasteiger partial charge is 0.252 e. The lowest BCUT2D eigenvalue weighted by Crippen LogP contribution is -2.45. The first-order valence-corrected chi connectivity index (χ1v) is 6.78. The highest BCUT2D eigenvalue weighted by Crippen LogP contribution is 2.39. The zero-order valence-corrected chi connectivity index (χ0v) is 12.1. The maximum absolute atomic E-state index is 12.2. The second kappa shape index (κ2) is 4.45. The van der Waals surface area contributed by atoms with Crippen LogP contribution < -0.4 is 5.32 Å². The molecule has 2 nitrogen and oxygen atoms in total. The number of carbonyl (C=O) groups excluding carboxylic acids is 1. The molecule has 3 heteroatoms. The molecule has 1 saturated carbocycles. The van der Waals surface area contributed by atoms with Gasteiger partial charge in [-0.25, -0.2) is 0 Å².